The van der Waals surface area contributed by atoms with E-state index in [0.717, 1.165) is 4.98 Å². The molecule has 3 aromatic rings. The van der Waals surface area contributed by atoms with Gasteiger partial charge < -0.3 is 14.0 Å². The van der Waals surface area contributed by atoms with Gasteiger partial charge in [0.25, 0.3) is 0 Å². The van der Waals surface area contributed by atoms with E-state index < -0.39 is 16.9 Å². The van der Waals surface area contributed by atoms with Crippen LogP contribution < -0.4 is 9.47 Å². The molecule has 0 aromatic carbocycles. The molecule has 24 heavy (non-hydrogen) atoms. The summed E-state index contributed by atoms with van der Waals surface area (Å²) in [5.74, 6) is 0.576. The molecule has 3 heterocycles. The van der Waals surface area contributed by atoms with E-state index >= 15 is 0 Å². The van der Waals surface area contributed by atoms with Crippen LogP contribution in [0.1, 0.15) is 20.9 Å². The number of H-pyrrole nitrogens is 1. The average Bonchev–Trinajstić information content (AvgIpc) is 3.00. The first-order valence-corrected chi connectivity index (χ1v) is 8.15. The molecule has 0 fully saturated rings. The van der Waals surface area contributed by atoms with E-state index in [1.807, 2.05) is 0 Å². The molecule has 1 atom stereocenters. The Hall–Kier alpha value is -2.32. The molecule has 126 valence electrons. The summed E-state index contributed by atoms with van der Waals surface area (Å²) in [4.78, 5) is 12.9. The molecule has 3 aromatic heterocycles. The zero-order chi connectivity index (χ0) is 20.8. The fraction of sp³-hybridized carbons (Fsp3) is 0.312. The number of hydrogen-bond donors (Lipinski definition) is 1. The SMILES string of the molecule is [2H]c1nc(C([2H])([2H])[S+]([O-])c2nc3nc(OC)ccc3n2[2H])c(C)c(OC)c1C. The van der Waals surface area contributed by atoms with Gasteiger partial charge in [0.05, 0.1) is 29.5 Å². The van der Waals surface area contributed by atoms with Crippen LogP contribution in [0.25, 0.3) is 11.2 Å². The molecule has 0 radical (unpaired) electrons. The van der Waals surface area contributed by atoms with Crippen molar-refractivity contribution in [2.75, 3.05) is 14.2 Å². The summed E-state index contributed by atoms with van der Waals surface area (Å²) < 4.78 is 56.3. The maximum atomic E-state index is 13.1. The number of fused-ring (bicyclic) bond motifs is 1. The zero-order valence-electron chi connectivity index (χ0n) is 17.6. The summed E-state index contributed by atoms with van der Waals surface area (Å²) >= 11 is -2.42. The third-order valence-electron chi connectivity index (χ3n) is 3.39. The van der Waals surface area contributed by atoms with Crippen molar-refractivity contribution in [3.8, 4) is 11.6 Å². The van der Waals surface area contributed by atoms with Crippen molar-refractivity contribution in [1.82, 2.24) is 19.9 Å². The van der Waals surface area contributed by atoms with E-state index in [2.05, 4.69) is 15.0 Å². The third-order valence-corrected chi connectivity index (χ3v) is 4.28. The number of methoxy groups -OCH3 is 2. The quantitative estimate of drug-likeness (QED) is 0.709. The van der Waals surface area contributed by atoms with Gasteiger partial charge in [-0.25, -0.2) is 0 Å². The van der Waals surface area contributed by atoms with Crippen LogP contribution in [0, 0.1) is 13.8 Å². The van der Waals surface area contributed by atoms with Gasteiger partial charge in [0.2, 0.25) is 5.88 Å². The van der Waals surface area contributed by atoms with Crippen LogP contribution in [-0.4, -0.2) is 38.7 Å². The lowest BCUT2D eigenvalue weighted by Gasteiger charge is -2.13. The van der Waals surface area contributed by atoms with Crippen LogP contribution in [0.5, 0.6) is 11.6 Å². The molecule has 0 saturated carbocycles. The fourth-order valence-corrected chi connectivity index (χ4v) is 3.03. The molecule has 1 N–H and O–H groups in total. The highest BCUT2D eigenvalue weighted by molar-refractivity contribution is 7.90. The number of ether oxygens (including phenoxy) is 2. The first-order valence-electron chi connectivity index (χ1n) is 8.95. The summed E-state index contributed by atoms with van der Waals surface area (Å²) in [6.07, 6.45) is -0.177. The maximum Gasteiger partial charge on any atom is 0.323 e. The molecular formula is C16H18N4O3S. The molecule has 0 amide bonds. The molecule has 0 saturated heterocycles. The lowest BCUT2D eigenvalue weighted by atomic mass is 10.1. The maximum absolute atomic E-state index is 13.1. The van der Waals surface area contributed by atoms with Crippen molar-refractivity contribution >= 4 is 22.3 Å². The standard InChI is InChI=1S/C16H18N4O3S/c1-9-7-17-12(10(2)14(9)23-4)8-24(21)16-18-11-5-6-13(22-3)19-15(11)20-16/h5-7H,8H2,1-4H3,(H,18,19,20)/i7D,8D2/hD. The van der Waals surface area contributed by atoms with E-state index in [-0.39, 0.29) is 34.1 Å². The number of aromatic nitrogens is 4. The summed E-state index contributed by atoms with van der Waals surface area (Å²) in [6, 6.07) is 3.05. The molecular weight excluding hydrogens is 328 g/mol. The molecule has 0 aliphatic heterocycles. The summed E-state index contributed by atoms with van der Waals surface area (Å²) in [7, 11) is 2.84. The summed E-state index contributed by atoms with van der Waals surface area (Å²) in [6.45, 7) is 3.22. The highest BCUT2D eigenvalue weighted by Gasteiger charge is 2.21. The molecule has 0 bridgehead atoms. The summed E-state index contributed by atoms with van der Waals surface area (Å²) in [5.41, 5.74) is -1.56. The van der Waals surface area contributed by atoms with Crippen molar-refractivity contribution in [1.29, 1.82) is 0 Å². The van der Waals surface area contributed by atoms with Crippen molar-refractivity contribution in [2.24, 2.45) is 0 Å². The Labute approximate surface area is 148 Å². The van der Waals surface area contributed by atoms with Crippen LogP contribution in [0.3, 0.4) is 0 Å². The Kier molecular flexibility index (Phi) is 3.36. The van der Waals surface area contributed by atoms with Gasteiger partial charge in [-0.05, 0) is 19.9 Å². The highest BCUT2D eigenvalue weighted by atomic mass is 32.2. The second kappa shape index (κ2) is 6.66. The van der Waals surface area contributed by atoms with Crippen molar-refractivity contribution in [2.45, 2.75) is 24.7 Å². The molecule has 3 rings (SSSR count). The summed E-state index contributed by atoms with van der Waals surface area (Å²) in [5, 5.41) is -0.326. The number of nitrogens with zero attached hydrogens (tertiary/aromatic N) is 3. The molecule has 0 spiro atoms. The largest absolute Gasteiger partial charge is 0.609 e. The van der Waals surface area contributed by atoms with Gasteiger partial charge in [-0.1, -0.05) is 0 Å². The van der Waals surface area contributed by atoms with Gasteiger partial charge in [-0.3, -0.25) is 9.96 Å². The number of imidazole rings is 1. The lowest BCUT2D eigenvalue weighted by Crippen LogP contribution is -2.10. The van der Waals surface area contributed by atoms with Crippen molar-refractivity contribution in [3.63, 3.8) is 0 Å². The van der Waals surface area contributed by atoms with E-state index in [9.17, 15) is 4.55 Å². The number of nitrogens with one attached hydrogen (secondary N) is 1. The highest BCUT2D eigenvalue weighted by Crippen LogP contribution is 2.26. The zero-order valence-corrected chi connectivity index (χ0v) is 14.4. The predicted molar refractivity (Wildman–Crippen MR) is 90.8 cm³/mol. The third kappa shape index (κ3) is 3.02. The Morgan fingerprint density at radius 3 is 2.83 bits per heavy atom. The minimum atomic E-state index is -2.52. The van der Waals surface area contributed by atoms with E-state index in [4.69, 9.17) is 15.0 Å². The second-order valence-corrected chi connectivity index (χ2v) is 6.04. The number of pyridine rings is 2. The van der Waals surface area contributed by atoms with Gasteiger partial charge in [0, 0.05) is 34.5 Å². The van der Waals surface area contributed by atoms with Crippen LogP contribution in [0.4, 0.5) is 0 Å². The minimum absolute atomic E-state index is 0.112. The van der Waals surface area contributed by atoms with Gasteiger partial charge >= 0.3 is 5.16 Å². The van der Waals surface area contributed by atoms with Crippen molar-refractivity contribution < 1.29 is 19.6 Å². The molecule has 0 aliphatic rings. The van der Waals surface area contributed by atoms with E-state index in [0.29, 0.717) is 16.9 Å². The van der Waals surface area contributed by atoms with Crippen LogP contribution in [-0.2, 0) is 16.9 Å². The van der Waals surface area contributed by atoms with E-state index in [1.165, 1.54) is 26.4 Å². The number of aromatic amines is 1. The number of rotatable bonds is 5. The first kappa shape index (κ1) is 12.1. The second-order valence-electron chi connectivity index (χ2n) is 4.93. The monoisotopic (exact) mass is 350 g/mol. The molecule has 8 heteroatoms. The van der Waals surface area contributed by atoms with Gasteiger partial charge in [0.1, 0.15) is 5.75 Å². The smallest absolute Gasteiger partial charge is 0.323 e. The Bertz CT molecular complexity index is 1060. The van der Waals surface area contributed by atoms with Gasteiger partial charge in [0.15, 0.2) is 12.8 Å². The normalized spacial score (nSPS) is 15.4. The molecule has 1 unspecified atom stereocenters. The Balaban J connectivity index is 2.14. The molecule has 7 nitrogen and oxygen atoms in total. The lowest BCUT2D eigenvalue weighted by molar-refractivity contribution is 0.399. The fourth-order valence-electron chi connectivity index (χ4n) is 2.21. The van der Waals surface area contributed by atoms with Crippen molar-refractivity contribution in [3.05, 3.63) is 35.1 Å². The van der Waals surface area contributed by atoms with E-state index in [1.54, 1.807) is 13.8 Å². The van der Waals surface area contributed by atoms with Crippen LogP contribution in [0.15, 0.2) is 23.5 Å². The van der Waals surface area contributed by atoms with Crippen LogP contribution in [0.2, 0.25) is 1.41 Å². The number of hydrogen-bond acceptors (Lipinski definition) is 6. The van der Waals surface area contributed by atoms with Gasteiger partial charge in [-0.2, -0.15) is 9.97 Å². The first-order chi connectivity index (χ1) is 13.1. The predicted octanol–water partition coefficient (Wildman–Crippen LogP) is 2.29. The van der Waals surface area contributed by atoms with Crippen LogP contribution >= 0.6 is 0 Å². The minimum Gasteiger partial charge on any atom is -0.609 e. The average molecular weight is 350 g/mol. The Morgan fingerprint density at radius 2 is 2.12 bits per heavy atom. The topological polar surface area (TPSA) is 96.0 Å². The van der Waals surface area contributed by atoms with Gasteiger partial charge in [-0.15, -0.1) is 0 Å². The molecule has 0 aliphatic carbocycles. The Morgan fingerprint density at radius 1 is 1.33 bits per heavy atom.